The van der Waals surface area contributed by atoms with Crippen molar-refractivity contribution in [1.82, 2.24) is 0 Å². The topological polar surface area (TPSA) is 72.5 Å². The Kier molecular flexibility index (Phi) is 4.26. The van der Waals surface area contributed by atoms with Gasteiger partial charge in [0.15, 0.2) is 11.6 Å². The predicted octanol–water partition coefficient (Wildman–Crippen LogP) is 1.55. The number of hydrogen-bond acceptors (Lipinski definition) is 3. The van der Waals surface area contributed by atoms with Gasteiger partial charge in [-0.15, -0.1) is 0 Å². The summed E-state index contributed by atoms with van der Waals surface area (Å²) in [5.74, 6) is -1.66. The maximum Gasteiger partial charge on any atom is 0.320 e. The fraction of sp³-hybridized carbons (Fsp3) is 0.300. The third-order valence-corrected chi connectivity index (χ3v) is 2.50. The van der Waals surface area contributed by atoms with Gasteiger partial charge in [-0.2, -0.15) is 0 Å². The average molecular weight is 292 g/mol. The standard InChI is InChI=1S/C10H11BrFNO3/c1-16-9-5(3-8(13)10(14)15)2-6(11)4-7(9)12/h2,4,8H,3,13H2,1H3,(H,14,15). The summed E-state index contributed by atoms with van der Waals surface area (Å²) in [6.07, 6.45) is 0.00880. The molecule has 0 spiro atoms. The van der Waals surface area contributed by atoms with E-state index in [9.17, 15) is 9.18 Å². The number of halogens is 2. The van der Waals surface area contributed by atoms with Gasteiger partial charge < -0.3 is 15.6 Å². The summed E-state index contributed by atoms with van der Waals surface area (Å²) in [6.45, 7) is 0. The van der Waals surface area contributed by atoms with E-state index >= 15 is 0 Å². The SMILES string of the molecule is COc1c(F)cc(Br)cc1CC(N)C(=O)O. The number of methoxy groups -OCH3 is 1. The third-order valence-electron chi connectivity index (χ3n) is 2.05. The van der Waals surface area contributed by atoms with Gasteiger partial charge in [-0.3, -0.25) is 4.79 Å². The molecule has 1 atom stereocenters. The van der Waals surface area contributed by atoms with Crippen LogP contribution in [0.15, 0.2) is 16.6 Å². The number of hydrogen-bond donors (Lipinski definition) is 2. The molecule has 0 aliphatic carbocycles. The second-order valence-corrected chi connectivity index (χ2v) is 4.14. The largest absolute Gasteiger partial charge is 0.493 e. The molecule has 0 saturated heterocycles. The van der Waals surface area contributed by atoms with Crippen molar-refractivity contribution in [3.8, 4) is 5.75 Å². The van der Waals surface area contributed by atoms with Crippen LogP contribution in [0.4, 0.5) is 4.39 Å². The van der Waals surface area contributed by atoms with Crippen molar-refractivity contribution in [3.63, 3.8) is 0 Å². The smallest absolute Gasteiger partial charge is 0.320 e. The van der Waals surface area contributed by atoms with E-state index in [4.69, 9.17) is 15.6 Å². The Morgan fingerprint density at radius 3 is 2.81 bits per heavy atom. The number of carboxylic acids is 1. The molecule has 1 rings (SSSR count). The molecule has 0 aliphatic heterocycles. The zero-order valence-corrected chi connectivity index (χ0v) is 10.1. The summed E-state index contributed by atoms with van der Waals surface area (Å²) >= 11 is 3.12. The maximum absolute atomic E-state index is 13.4. The highest BCUT2D eigenvalue weighted by Crippen LogP contribution is 2.27. The highest BCUT2D eigenvalue weighted by atomic mass is 79.9. The van der Waals surface area contributed by atoms with E-state index in [-0.39, 0.29) is 12.2 Å². The molecule has 0 heterocycles. The van der Waals surface area contributed by atoms with Crippen molar-refractivity contribution in [2.24, 2.45) is 5.73 Å². The Balaban J connectivity index is 3.07. The van der Waals surface area contributed by atoms with Crippen LogP contribution >= 0.6 is 15.9 Å². The molecule has 0 aromatic heterocycles. The summed E-state index contributed by atoms with van der Waals surface area (Å²) in [5.41, 5.74) is 5.80. The molecule has 1 aromatic carbocycles. The minimum Gasteiger partial charge on any atom is -0.493 e. The van der Waals surface area contributed by atoms with Crippen LogP contribution in [0.2, 0.25) is 0 Å². The third kappa shape index (κ3) is 2.93. The molecule has 0 radical (unpaired) electrons. The maximum atomic E-state index is 13.4. The molecule has 0 bridgehead atoms. The molecule has 0 fully saturated rings. The van der Waals surface area contributed by atoms with Crippen LogP contribution in [-0.4, -0.2) is 24.2 Å². The Labute approximate surface area is 100 Å². The number of carbonyl (C=O) groups is 1. The van der Waals surface area contributed by atoms with Gasteiger partial charge in [-0.25, -0.2) is 4.39 Å². The summed E-state index contributed by atoms with van der Waals surface area (Å²) in [4.78, 5) is 10.6. The first-order chi connectivity index (χ1) is 7.45. The van der Waals surface area contributed by atoms with Crippen molar-refractivity contribution in [2.75, 3.05) is 7.11 Å². The molecule has 6 heteroatoms. The normalized spacial score (nSPS) is 12.2. The molecule has 3 N–H and O–H groups in total. The number of aliphatic carboxylic acids is 1. The van der Waals surface area contributed by atoms with Gasteiger partial charge in [-0.05, 0) is 12.1 Å². The molecule has 0 amide bonds. The summed E-state index contributed by atoms with van der Waals surface area (Å²) in [7, 11) is 1.32. The van der Waals surface area contributed by atoms with Crippen molar-refractivity contribution >= 4 is 21.9 Å². The first-order valence-electron chi connectivity index (χ1n) is 4.46. The quantitative estimate of drug-likeness (QED) is 0.883. The first-order valence-corrected chi connectivity index (χ1v) is 5.25. The van der Waals surface area contributed by atoms with Crippen LogP contribution in [0.1, 0.15) is 5.56 Å². The van der Waals surface area contributed by atoms with Gasteiger partial charge in [-0.1, -0.05) is 15.9 Å². The average Bonchev–Trinajstić information content (AvgIpc) is 2.16. The van der Waals surface area contributed by atoms with Gasteiger partial charge in [0.1, 0.15) is 6.04 Å². The van der Waals surface area contributed by atoms with Gasteiger partial charge in [0.2, 0.25) is 0 Å². The van der Waals surface area contributed by atoms with Gasteiger partial charge in [0.05, 0.1) is 7.11 Å². The fourth-order valence-electron chi connectivity index (χ4n) is 1.32. The van der Waals surface area contributed by atoms with Crippen LogP contribution in [0.3, 0.4) is 0 Å². The Morgan fingerprint density at radius 2 is 2.31 bits per heavy atom. The lowest BCUT2D eigenvalue weighted by Gasteiger charge is -2.12. The van der Waals surface area contributed by atoms with Gasteiger partial charge in [0.25, 0.3) is 0 Å². The molecule has 16 heavy (non-hydrogen) atoms. The zero-order chi connectivity index (χ0) is 12.3. The molecular weight excluding hydrogens is 281 g/mol. The van der Waals surface area contributed by atoms with Gasteiger partial charge in [0, 0.05) is 16.5 Å². The highest BCUT2D eigenvalue weighted by molar-refractivity contribution is 9.10. The van der Waals surface area contributed by atoms with Crippen molar-refractivity contribution in [2.45, 2.75) is 12.5 Å². The second kappa shape index (κ2) is 5.27. The van der Waals surface area contributed by atoms with Crippen LogP contribution in [-0.2, 0) is 11.2 Å². The van der Waals surface area contributed by atoms with Crippen molar-refractivity contribution in [3.05, 3.63) is 28.0 Å². The van der Waals surface area contributed by atoms with E-state index in [2.05, 4.69) is 15.9 Å². The van der Waals surface area contributed by atoms with E-state index in [0.717, 1.165) is 0 Å². The van der Waals surface area contributed by atoms with Crippen molar-refractivity contribution < 1.29 is 19.0 Å². The Hall–Kier alpha value is -1.14. The summed E-state index contributed by atoms with van der Waals surface area (Å²) in [6, 6.07) is 1.75. The van der Waals surface area contributed by atoms with Crippen LogP contribution in [0, 0.1) is 5.82 Å². The van der Waals surface area contributed by atoms with Crippen LogP contribution < -0.4 is 10.5 Å². The fourth-order valence-corrected chi connectivity index (χ4v) is 1.80. The molecule has 4 nitrogen and oxygen atoms in total. The Bertz CT molecular complexity index is 411. The van der Waals surface area contributed by atoms with E-state index < -0.39 is 17.8 Å². The molecule has 1 aromatic rings. The lowest BCUT2D eigenvalue weighted by Crippen LogP contribution is -2.32. The number of benzene rings is 1. The monoisotopic (exact) mass is 291 g/mol. The number of carboxylic acid groups (broad SMARTS) is 1. The van der Waals surface area contributed by atoms with E-state index in [0.29, 0.717) is 10.0 Å². The first kappa shape index (κ1) is 12.9. The minimum absolute atomic E-state index is 0.00880. The molecule has 0 saturated carbocycles. The number of ether oxygens (including phenoxy) is 1. The highest BCUT2D eigenvalue weighted by Gasteiger charge is 2.17. The van der Waals surface area contributed by atoms with E-state index in [1.807, 2.05) is 0 Å². The van der Waals surface area contributed by atoms with Crippen molar-refractivity contribution in [1.29, 1.82) is 0 Å². The second-order valence-electron chi connectivity index (χ2n) is 3.23. The number of rotatable bonds is 4. The minimum atomic E-state index is -1.14. The summed E-state index contributed by atoms with van der Waals surface area (Å²) < 4.78 is 18.8. The predicted molar refractivity (Wildman–Crippen MR) is 60.0 cm³/mol. The van der Waals surface area contributed by atoms with Gasteiger partial charge >= 0.3 is 5.97 Å². The summed E-state index contributed by atoms with van der Waals surface area (Å²) in [5, 5.41) is 8.67. The molecular formula is C10H11BrFNO3. The Morgan fingerprint density at radius 1 is 1.69 bits per heavy atom. The lowest BCUT2D eigenvalue weighted by molar-refractivity contribution is -0.138. The molecule has 1 unspecified atom stereocenters. The lowest BCUT2D eigenvalue weighted by atomic mass is 10.1. The number of nitrogens with two attached hydrogens (primary N) is 1. The van der Waals surface area contributed by atoms with Crippen LogP contribution in [0.5, 0.6) is 5.75 Å². The van der Waals surface area contributed by atoms with E-state index in [1.54, 1.807) is 6.07 Å². The van der Waals surface area contributed by atoms with Crippen LogP contribution in [0.25, 0.3) is 0 Å². The molecule has 0 aliphatic rings. The van der Waals surface area contributed by atoms with E-state index in [1.165, 1.54) is 13.2 Å². The molecule has 88 valence electrons. The zero-order valence-electron chi connectivity index (χ0n) is 8.54.